The highest BCUT2D eigenvalue weighted by Gasteiger charge is 2.30. The normalized spacial score (nSPS) is 25.6. The summed E-state index contributed by atoms with van der Waals surface area (Å²) < 4.78 is 11.3. The van der Waals surface area contributed by atoms with Crippen molar-refractivity contribution in [3.05, 3.63) is 24.2 Å². The van der Waals surface area contributed by atoms with Crippen LogP contribution in [-0.2, 0) is 4.74 Å². The van der Waals surface area contributed by atoms with Gasteiger partial charge in [-0.25, -0.2) is 0 Å². The molecule has 0 spiro atoms. The van der Waals surface area contributed by atoms with E-state index in [9.17, 15) is 0 Å². The van der Waals surface area contributed by atoms with E-state index in [4.69, 9.17) is 14.9 Å². The molecule has 1 aliphatic heterocycles. The van der Waals surface area contributed by atoms with Gasteiger partial charge in [0.1, 0.15) is 5.76 Å². The minimum atomic E-state index is 0.0986. The average molecular weight is 252 g/mol. The molecular formula is C14H24N2O2. The van der Waals surface area contributed by atoms with Gasteiger partial charge in [-0.3, -0.25) is 4.90 Å². The lowest BCUT2D eigenvalue weighted by molar-refractivity contribution is 0.0546. The van der Waals surface area contributed by atoms with Crippen LogP contribution in [0.15, 0.2) is 22.8 Å². The van der Waals surface area contributed by atoms with E-state index in [1.54, 1.807) is 6.26 Å². The Morgan fingerprint density at radius 2 is 2.39 bits per heavy atom. The highest BCUT2D eigenvalue weighted by Crippen LogP contribution is 2.27. The van der Waals surface area contributed by atoms with Crippen molar-refractivity contribution >= 4 is 0 Å². The van der Waals surface area contributed by atoms with Gasteiger partial charge in [-0.15, -0.1) is 0 Å². The molecule has 0 amide bonds. The molecule has 18 heavy (non-hydrogen) atoms. The van der Waals surface area contributed by atoms with Gasteiger partial charge in [0.2, 0.25) is 0 Å². The molecule has 1 aromatic rings. The standard InChI is InChI=1S/C14H24N2O2/c1-3-12(15)14(13-6-4-8-18-13)16-7-5-9-17-11(2)10-16/h4,6,8,11-12,14H,3,5,7,9-10,15H2,1-2H3. The summed E-state index contributed by atoms with van der Waals surface area (Å²) in [5, 5.41) is 0. The first-order valence-electron chi connectivity index (χ1n) is 6.87. The predicted molar refractivity (Wildman–Crippen MR) is 71.3 cm³/mol. The molecule has 102 valence electrons. The molecule has 1 fully saturated rings. The van der Waals surface area contributed by atoms with Crippen molar-refractivity contribution in [2.45, 2.75) is 44.9 Å². The third kappa shape index (κ3) is 3.13. The molecule has 4 heteroatoms. The van der Waals surface area contributed by atoms with E-state index in [1.165, 1.54) is 0 Å². The van der Waals surface area contributed by atoms with E-state index in [1.807, 2.05) is 12.1 Å². The van der Waals surface area contributed by atoms with Crippen molar-refractivity contribution in [3.63, 3.8) is 0 Å². The predicted octanol–water partition coefficient (Wildman–Crippen LogP) is 2.17. The van der Waals surface area contributed by atoms with E-state index < -0.39 is 0 Å². The third-order valence-electron chi connectivity index (χ3n) is 3.59. The number of ether oxygens (including phenoxy) is 1. The third-order valence-corrected chi connectivity index (χ3v) is 3.59. The summed E-state index contributed by atoms with van der Waals surface area (Å²) in [6, 6.07) is 4.22. The number of furan rings is 1. The minimum Gasteiger partial charge on any atom is -0.468 e. The van der Waals surface area contributed by atoms with Crippen LogP contribution >= 0.6 is 0 Å². The first kappa shape index (κ1) is 13.6. The largest absolute Gasteiger partial charge is 0.468 e. The molecular weight excluding hydrogens is 228 g/mol. The Hall–Kier alpha value is -0.840. The topological polar surface area (TPSA) is 51.6 Å². The zero-order chi connectivity index (χ0) is 13.0. The van der Waals surface area contributed by atoms with E-state index in [-0.39, 0.29) is 18.2 Å². The summed E-state index contributed by atoms with van der Waals surface area (Å²) in [4.78, 5) is 2.41. The van der Waals surface area contributed by atoms with Crippen molar-refractivity contribution < 1.29 is 9.15 Å². The molecule has 2 N–H and O–H groups in total. The van der Waals surface area contributed by atoms with Gasteiger partial charge in [-0.2, -0.15) is 0 Å². The van der Waals surface area contributed by atoms with Crippen molar-refractivity contribution in [2.24, 2.45) is 5.73 Å². The van der Waals surface area contributed by atoms with Crippen molar-refractivity contribution in [1.29, 1.82) is 0 Å². The summed E-state index contributed by atoms with van der Waals surface area (Å²) in [6.45, 7) is 7.01. The Balaban J connectivity index is 2.17. The van der Waals surface area contributed by atoms with Crippen LogP contribution < -0.4 is 5.73 Å². The van der Waals surface area contributed by atoms with Gasteiger partial charge in [-0.05, 0) is 31.9 Å². The lowest BCUT2D eigenvalue weighted by atomic mass is 10.0. The second kappa shape index (κ2) is 6.36. The molecule has 0 aromatic carbocycles. The summed E-state index contributed by atoms with van der Waals surface area (Å²) in [6.07, 6.45) is 3.98. The number of nitrogens with zero attached hydrogens (tertiary/aromatic N) is 1. The Morgan fingerprint density at radius 3 is 3.06 bits per heavy atom. The maximum absolute atomic E-state index is 6.29. The van der Waals surface area contributed by atoms with E-state index in [0.717, 1.165) is 38.3 Å². The van der Waals surface area contributed by atoms with Gasteiger partial charge < -0.3 is 14.9 Å². The van der Waals surface area contributed by atoms with Crippen LogP contribution in [0.5, 0.6) is 0 Å². The van der Waals surface area contributed by atoms with Gasteiger partial charge >= 0.3 is 0 Å². The first-order valence-corrected chi connectivity index (χ1v) is 6.87. The molecule has 0 aliphatic carbocycles. The second-order valence-corrected chi connectivity index (χ2v) is 5.06. The van der Waals surface area contributed by atoms with Crippen LogP contribution in [0.1, 0.15) is 38.5 Å². The van der Waals surface area contributed by atoms with Crippen LogP contribution in [0.3, 0.4) is 0 Å². The fourth-order valence-corrected chi connectivity index (χ4v) is 2.62. The Morgan fingerprint density at radius 1 is 1.56 bits per heavy atom. The minimum absolute atomic E-state index is 0.0986. The van der Waals surface area contributed by atoms with E-state index >= 15 is 0 Å². The average Bonchev–Trinajstić information content (AvgIpc) is 2.79. The number of nitrogens with two attached hydrogens (primary N) is 1. The molecule has 4 nitrogen and oxygen atoms in total. The second-order valence-electron chi connectivity index (χ2n) is 5.06. The van der Waals surface area contributed by atoms with Crippen LogP contribution in [-0.4, -0.2) is 36.7 Å². The monoisotopic (exact) mass is 252 g/mol. The molecule has 1 aliphatic rings. The number of hydrogen-bond acceptors (Lipinski definition) is 4. The molecule has 1 aromatic heterocycles. The van der Waals surface area contributed by atoms with Gasteiger partial charge in [0, 0.05) is 25.7 Å². The number of hydrogen-bond donors (Lipinski definition) is 1. The zero-order valence-corrected chi connectivity index (χ0v) is 11.3. The van der Waals surface area contributed by atoms with Crippen LogP contribution in [0, 0.1) is 0 Å². The Bertz CT molecular complexity index is 340. The van der Waals surface area contributed by atoms with E-state index in [0.29, 0.717) is 0 Å². The van der Waals surface area contributed by atoms with Crippen LogP contribution in [0.2, 0.25) is 0 Å². The summed E-state index contributed by atoms with van der Waals surface area (Å²) in [7, 11) is 0. The summed E-state index contributed by atoms with van der Waals surface area (Å²) in [5.41, 5.74) is 6.29. The molecule has 3 atom stereocenters. The lowest BCUT2D eigenvalue weighted by Crippen LogP contribution is -2.43. The Kier molecular flexibility index (Phi) is 4.80. The van der Waals surface area contributed by atoms with Crippen LogP contribution in [0.4, 0.5) is 0 Å². The number of rotatable bonds is 4. The summed E-state index contributed by atoms with van der Waals surface area (Å²) >= 11 is 0. The Labute approximate surface area is 109 Å². The van der Waals surface area contributed by atoms with Crippen molar-refractivity contribution in [2.75, 3.05) is 19.7 Å². The molecule has 2 rings (SSSR count). The maximum Gasteiger partial charge on any atom is 0.122 e. The van der Waals surface area contributed by atoms with Crippen molar-refractivity contribution in [1.82, 2.24) is 4.90 Å². The zero-order valence-electron chi connectivity index (χ0n) is 11.3. The first-order chi connectivity index (χ1) is 8.72. The molecule has 0 saturated carbocycles. The summed E-state index contributed by atoms with van der Waals surface area (Å²) in [5.74, 6) is 0.971. The van der Waals surface area contributed by atoms with Gasteiger partial charge in [-0.1, -0.05) is 6.92 Å². The molecule has 3 unspecified atom stereocenters. The van der Waals surface area contributed by atoms with Gasteiger partial charge in [0.15, 0.2) is 0 Å². The lowest BCUT2D eigenvalue weighted by Gasteiger charge is -2.33. The van der Waals surface area contributed by atoms with E-state index in [2.05, 4.69) is 18.7 Å². The SMILES string of the molecule is CCC(N)C(c1ccco1)N1CCCOC(C)C1. The van der Waals surface area contributed by atoms with Crippen molar-refractivity contribution in [3.8, 4) is 0 Å². The fraction of sp³-hybridized carbons (Fsp3) is 0.714. The van der Waals surface area contributed by atoms with Gasteiger partial charge in [0.25, 0.3) is 0 Å². The molecule has 2 heterocycles. The molecule has 0 radical (unpaired) electrons. The highest BCUT2D eigenvalue weighted by atomic mass is 16.5. The van der Waals surface area contributed by atoms with Crippen LogP contribution in [0.25, 0.3) is 0 Å². The highest BCUT2D eigenvalue weighted by molar-refractivity contribution is 5.08. The molecule has 1 saturated heterocycles. The quantitative estimate of drug-likeness (QED) is 0.892. The smallest absolute Gasteiger partial charge is 0.122 e. The van der Waals surface area contributed by atoms with Gasteiger partial charge in [0.05, 0.1) is 18.4 Å². The molecule has 0 bridgehead atoms. The fourth-order valence-electron chi connectivity index (χ4n) is 2.62. The maximum atomic E-state index is 6.29.